The Balaban J connectivity index is 2.27. The van der Waals surface area contributed by atoms with Crippen LogP contribution in [0.15, 0.2) is 36.5 Å². The summed E-state index contributed by atoms with van der Waals surface area (Å²) in [5.74, 6) is -0.405. The van der Waals surface area contributed by atoms with Gasteiger partial charge in [0.25, 0.3) is 11.6 Å². The Hall–Kier alpha value is -2.47. The van der Waals surface area contributed by atoms with Gasteiger partial charge in [-0.25, -0.2) is 0 Å². The van der Waals surface area contributed by atoms with E-state index in [1.807, 2.05) is 0 Å². The number of halogens is 1. The fraction of sp³-hybridized carbons (Fsp3) is 0.0769. The van der Waals surface area contributed by atoms with Crippen molar-refractivity contribution in [1.82, 2.24) is 4.98 Å². The lowest BCUT2D eigenvalue weighted by molar-refractivity contribution is -0.384. The maximum absolute atomic E-state index is 12.0. The Labute approximate surface area is 119 Å². The van der Waals surface area contributed by atoms with Crippen molar-refractivity contribution in [2.24, 2.45) is 0 Å². The summed E-state index contributed by atoms with van der Waals surface area (Å²) >= 11 is 5.91. The first-order valence-corrected chi connectivity index (χ1v) is 6.03. The van der Waals surface area contributed by atoms with Crippen LogP contribution < -0.4 is 5.32 Å². The summed E-state index contributed by atoms with van der Waals surface area (Å²) in [5.41, 5.74) is 1.15. The van der Waals surface area contributed by atoms with E-state index in [-0.39, 0.29) is 16.4 Å². The number of pyridine rings is 1. The lowest BCUT2D eigenvalue weighted by Crippen LogP contribution is -2.12. The first-order chi connectivity index (χ1) is 9.47. The van der Waals surface area contributed by atoms with Crippen LogP contribution in [0.5, 0.6) is 0 Å². The highest BCUT2D eigenvalue weighted by Gasteiger charge is 2.13. The number of amides is 1. The van der Waals surface area contributed by atoms with Crippen LogP contribution >= 0.6 is 11.6 Å². The van der Waals surface area contributed by atoms with Crippen molar-refractivity contribution in [3.63, 3.8) is 0 Å². The molecule has 0 unspecified atom stereocenters. The van der Waals surface area contributed by atoms with Crippen molar-refractivity contribution in [2.45, 2.75) is 6.92 Å². The van der Waals surface area contributed by atoms with Crippen LogP contribution in [0.2, 0.25) is 5.02 Å². The molecule has 0 atom stereocenters. The van der Waals surface area contributed by atoms with Crippen molar-refractivity contribution < 1.29 is 9.72 Å². The summed E-state index contributed by atoms with van der Waals surface area (Å²) < 4.78 is 0. The molecule has 0 saturated carbocycles. The van der Waals surface area contributed by atoms with Crippen LogP contribution in [-0.4, -0.2) is 15.8 Å². The molecule has 102 valence electrons. The molecule has 1 N–H and O–H groups in total. The van der Waals surface area contributed by atoms with Gasteiger partial charge in [0.05, 0.1) is 15.6 Å². The number of carbonyl (C=O) groups excluding carboxylic acids is 1. The molecular formula is C13H10ClN3O3. The predicted molar refractivity (Wildman–Crippen MR) is 75.0 cm³/mol. The van der Waals surface area contributed by atoms with Gasteiger partial charge in [-0.2, -0.15) is 0 Å². The molecule has 0 aliphatic heterocycles. The Morgan fingerprint density at radius 3 is 2.75 bits per heavy atom. The number of nitrogens with zero attached hydrogens (tertiary/aromatic N) is 2. The topological polar surface area (TPSA) is 85.1 Å². The van der Waals surface area contributed by atoms with Crippen molar-refractivity contribution in [2.75, 3.05) is 5.32 Å². The molecule has 0 aliphatic rings. The zero-order chi connectivity index (χ0) is 14.7. The van der Waals surface area contributed by atoms with Crippen molar-refractivity contribution in [3.05, 3.63) is 62.9 Å². The highest BCUT2D eigenvalue weighted by molar-refractivity contribution is 6.34. The van der Waals surface area contributed by atoms with E-state index in [2.05, 4.69) is 10.3 Å². The van der Waals surface area contributed by atoms with Crippen molar-refractivity contribution in [1.29, 1.82) is 0 Å². The van der Waals surface area contributed by atoms with Crippen LogP contribution in [0.4, 0.5) is 11.4 Å². The molecule has 0 radical (unpaired) electrons. The first-order valence-electron chi connectivity index (χ1n) is 5.65. The second-order valence-electron chi connectivity index (χ2n) is 4.06. The number of nitro benzene ring substituents is 1. The molecule has 0 saturated heterocycles. The zero-order valence-electron chi connectivity index (χ0n) is 10.5. The average molecular weight is 292 g/mol. The summed E-state index contributed by atoms with van der Waals surface area (Å²) in [6.45, 7) is 1.76. The molecule has 7 heteroatoms. The summed E-state index contributed by atoms with van der Waals surface area (Å²) in [4.78, 5) is 26.2. The third-order valence-corrected chi connectivity index (χ3v) is 2.90. The number of aromatic nitrogens is 1. The van der Waals surface area contributed by atoms with Crippen LogP contribution in [-0.2, 0) is 0 Å². The van der Waals surface area contributed by atoms with Gasteiger partial charge < -0.3 is 5.32 Å². The normalized spacial score (nSPS) is 10.1. The van der Waals surface area contributed by atoms with E-state index in [9.17, 15) is 14.9 Å². The van der Waals surface area contributed by atoms with Gasteiger partial charge in [0.15, 0.2) is 0 Å². The fourth-order valence-electron chi connectivity index (χ4n) is 1.60. The maximum atomic E-state index is 12.0. The van der Waals surface area contributed by atoms with Crippen LogP contribution in [0, 0.1) is 17.0 Å². The fourth-order valence-corrected chi connectivity index (χ4v) is 1.77. The number of carbonyl (C=O) groups is 1. The van der Waals surface area contributed by atoms with Crippen LogP contribution in [0.3, 0.4) is 0 Å². The van der Waals surface area contributed by atoms with Crippen LogP contribution in [0.25, 0.3) is 0 Å². The summed E-state index contributed by atoms with van der Waals surface area (Å²) in [5, 5.41) is 13.5. The zero-order valence-corrected chi connectivity index (χ0v) is 11.2. The van der Waals surface area contributed by atoms with E-state index in [1.165, 1.54) is 24.4 Å². The molecule has 6 nitrogen and oxygen atoms in total. The minimum Gasteiger partial charge on any atom is -0.320 e. The Morgan fingerprint density at radius 1 is 1.35 bits per heavy atom. The Bertz CT molecular complexity index is 688. The third kappa shape index (κ3) is 3.10. The van der Waals surface area contributed by atoms with E-state index >= 15 is 0 Å². The minimum atomic E-state index is -0.553. The summed E-state index contributed by atoms with van der Waals surface area (Å²) in [7, 11) is 0. The van der Waals surface area contributed by atoms with E-state index < -0.39 is 10.8 Å². The van der Waals surface area contributed by atoms with Gasteiger partial charge in [-0.3, -0.25) is 19.9 Å². The van der Waals surface area contributed by atoms with E-state index in [1.54, 1.807) is 19.1 Å². The second kappa shape index (κ2) is 5.66. The number of nitrogens with one attached hydrogen (secondary N) is 1. The molecule has 2 aromatic rings. The molecular weight excluding hydrogens is 282 g/mol. The smallest absolute Gasteiger partial charge is 0.271 e. The molecule has 1 aromatic heterocycles. The first kappa shape index (κ1) is 14.0. The largest absolute Gasteiger partial charge is 0.320 e. The lowest BCUT2D eigenvalue weighted by atomic mass is 10.2. The Kier molecular flexibility index (Phi) is 3.95. The number of rotatable bonds is 3. The number of anilines is 1. The molecule has 1 amide bonds. The van der Waals surface area contributed by atoms with Gasteiger partial charge in [0.1, 0.15) is 0 Å². The molecule has 0 aliphatic carbocycles. The van der Waals surface area contributed by atoms with Crippen LogP contribution in [0.1, 0.15) is 16.1 Å². The molecule has 1 aromatic carbocycles. The Morgan fingerprint density at radius 2 is 2.10 bits per heavy atom. The number of non-ortho nitro benzene ring substituents is 1. The van der Waals surface area contributed by atoms with Gasteiger partial charge in [-0.15, -0.1) is 0 Å². The third-order valence-electron chi connectivity index (χ3n) is 2.57. The van der Waals surface area contributed by atoms with Gasteiger partial charge in [0.2, 0.25) is 0 Å². The van der Waals surface area contributed by atoms with Gasteiger partial charge in [-0.05, 0) is 25.1 Å². The standard InChI is InChI=1S/C13H10ClN3O3/c1-8-6-9(4-5-15-8)13(18)16-12-7-10(17(19)20)2-3-11(12)14/h2-7H,1H3,(H,16,18). The van der Waals surface area contributed by atoms with Gasteiger partial charge in [-0.1, -0.05) is 11.6 Å². The molecule has 1 heterocycles. The second-order valence-corrected chi connectivity index (χ2v) is 4.47. The number of hydrogen-bond donors (Lipinski definition) is 1. The number of hydrogen-bond acceptors (Lipinski definition) is 4. The highest BCUT2D eigenvalue weighted by Crippen LogP contribution is 2.27. The van der Waals surface area contributed by atoms with Gasteiger partial charge in [0, 0.05) is 29.6 Å². The summed E-state index contributed by atoms with van der Waals surface area (Å²) in [6, 6.07) is 7.02. The van der Waals surface area contributed by atoms with E-state index in [4.69, 9.17) is 11.6 Å². The molecule has 0 spiro atoms. The molecule has 0 fully saturated rings. The van der Waals surface area contributed by atoms with Crippen molar-refractivity contribution >= 4 is 28.9 Å². The average Bonchev–Trinajstić information content (AvgIpc) is 2.41. The molecule has 20 heavy (non-hydrogen) atoms. The van der Waals surface area contributed by atoms with E-state index in [0.29, 0.717) is 11.3 Å². The highest BCUT2D eigenvalue weighted by atomic mass is 35.5. The monoisotopic (exact) mass is 291 g/mol. The maximum Gasteiger partial charge on any atom is 0.271 e. The van der Waals surface area contributed by atoms with Crippen molar-refractivity contribution in [3.8, 4) is 0 Å². The number of benzene rings is 1. The minimum absolute atomic E-state index is 0.143. The quantitative estimate of drug-likeness (QED) is 0.695. The lowest BCUT2D eigenvalue weighted by Gasteiger charge is -2.07. The predicted octanol–water partition coefficient (Wildman–Crippen LogP) is 3.20. The molecule has 0 bridgehead atoms. The summed E-state index contributed by atoms with van der Waals surface area (Å²) in [6.07, 6.45) is 1.51. The van der Waals surface area contributed by atoms with Gasteiger partial charge >= 0.3 is 0 Å². The SMILES string of the molecule is Cc1cc(C(=O)Nc2cc([N+](=O)[O-])ccc2Cl)ccn1. The number of aryl methyl sites for hydroxylation is 1. The molecule has 2 rings (SSSR count). The van der Waals surface area contributed by atoms with E-state index in [0.717, 1.165) is 0 Å². The number of nitro groups is 1.